The number of carbonyl (C=O) groups is 2. The van der Waals surface area contributed by atoms with Gasteiger partial charge in [-0.2, -0.15) is 0 Å². The monoisotopic (exact) mass is 398 g/mol. The third-order valence-corrected chi connectivity index (χ3v) is 6.40. The summed E-state index contributed by atoms with van der Waals surface area (Å²) in [7, 11) is 0. The molecule has 1 atom stereocenters. The molecule has 1 aromatic heterocycles. The van der Waals surface area contributed by atoms with Crippen LogP contribution in [0.1, 0.15) is 31.4 Å². The normalized spacial score (nSPS) is 19.6. The zero-order valence-electron chi connectivity index (χ0n) is 16.0. The first-order valence-electron chi connectivity index (χ1n) is 10.0. The van der Waals surface area contributed by atoms with Crippen LogP contribution >= 0.6 is 11.3 Å². The molecule has 6 nitrogen and oxygen atoms in total. The first-order chi connectivity index (χ1) is 13.7. The van der Waals surface area contributed by atoms with Gasteiger partial charge in [0.15, 0.2) is 0 Å². The van der Waals surface area contributed by atoms with E-state index in [1.165, 1.54) is 0 Å². The minimum Gasteiger partial charge on any atom is -0.350 e. The Hall–Kier alpha value is -2.41. The van der Waals surface area contributed by atoms with Crippen LogP contribution in [0.3, 0.4) is 0 Å². The summed E-state index contributed by atoms with van der Waals surface area (Å²) in [4.78, 5) is 33.6. The summed E-state index contributed by atoms with van der Waals surface area (Å²) in [6, 6.07) is 10.2. The predicted molar refractivity (Wildman–Crippen MR) is 110 cm³/mol. The lowest BCUT2D eigenvalue weighted by atomic mass is 9.97. The van der Waals surface area contributed by atoms with E-state index in [-0.39, 0.29) is 17.9 Å². The summed E-state index contributed by atoms with van der Waals surface area (Å²) >= 11 is 1.59. The molecule has 0 bridgehead atoms. The van der Waals surface area contributed by atoms with Crippen LogP contribution in [0, 0.1) is 5.92 Å². The standard InChI is InChI=1S/C21H26N4O2S/c26-19(17-9-6-12-25(14-17)21(27)24-10-4-5-11-24)22-13-18-15-28-20(23-18)16-7-2-1-3-8-16/h1-3,7-8,15,17H,4-6,9-14H2,(H,22,26). The van der Waals surface area contributed by atoms with Crippen LogP contribution in [0.5, 0.6) is 0 Å². The molecule has 7 heteroatoms. The molecule has 0 spiro atoms. The van der Waals surface area contributed by atoms with Crippen molar-refractivity contribution in [3.8, 4) is 10.6 Å². The number of nitrogens with one attached hydrogen (secondary N) is 1. The Morgan fingerprint density at radius 3 is 2.61 bits per heavy atom. The van der Waals surface area contributed by atoms with E-state index in [1.807, 2.05) is 45.5 Å². The van der Waals surface area contributed by atoms with Gasteiger partial charge in [0.2, 0.25) is 5.91 Å². The average Bonchev–Trinajstić information content (AvgIpc) is 3.44. The zero-order chi connectivity index (χ0) is 19.3. The third kappa shape index (κ3) is 4.35. The highest BCUT2D eigenvalue weighted by atomic mass is 32.1. The fourth-order valence-electron chi connectivity index (χ4n) is 3.90. The van der Waals surface area contributed by atoms with E-state index >= 15 is 0 Å². The number of urea groups is 1. The van der Waals surface area contributed by atoms with Crippen LogP contribution in [0.15, 0.2) is 35.7 Å². The maximum absolute atomic E-state index is 12.7. The predicted octanol–water partition coefficient (Wildman–Crippen LogP) is 3.35. The molecule has 3 amide bonds. The number of hydrogen-bond acceptors (Lipinski definition) is 4. The Bertz CT molecular complexity index is 817. The van der Waals surface area contributed by atoms with Crippen molar-refractivity contribution in [3.05, 3.63) is 41.4 Å². The molecule has 28 heavy (non-hydrogen) atoms. The number of carbonyl (C=O) groups excluding carboxylic acids is 2. The van der Waals surface area contributed by atoms with Gasteiger partial charge >= 0.3 is 6.03 Å². The molecule has 2 fully saturated rings. The number of benzene rings is 1. The quantitative estimate of drug-likeness (QED) is 0.859. The number of piperidine rings is 1. The fourth-order valence-corrected chi connectivity index (χ4v) is 4.72. The Balaban J connectivity index is 1.30. The van der Waals surface area contributed by atoms with E-state index in [2.05, 4.69) is 10.3 Å². The molecule has 1 aromatic carbocycles. The number of aromatic nitrogens is 1. The van der Waals surface area contributed by atoms with Gasteiger partial charge < -0.3 is 15.1 Å². The van der Waals surface area contributed by atoms with Crippen molar-refractivity contribution in [3.63, 3.8) is 0 Å². The Labute approximate surface area is 169 Å². The highest BCUT2D eigenvalue weighted by molar-refractivity contribution is 7.13. The largest absolute Gasteiger partial charge is 0.350 e. The average molecular weight is 399 g/mol. The van der Waals surface area contributed by atoms with Crippen LogP contribution in [-0.2, 0) is 11.3 Å². The number of hydrogen-bond donors (Lipinski definition) is 1. The van der Waals surface area contributed by atoms with Gasteiger partial charge in [-0.1, -0.05) is 30.3 Å². The lowest BCUT2D eigenvalue weighted by Gasteiger charge is -2.34. The first-order valence-corrected chi connectivity index (χ1v) is 10.9. The van der Waals surface area contributed by atoms with Gasteiger partial charge in [-0.3, -0.25) is 4.79 Å². The van der Waals surface area contributed by atoms with E-state index in [9.17, 15) is 9.59 Å². The summed E-state index contributed by atoms with van der Waals surface area (Å²) in [6.07, 6.45) is 3.89. The number of likely N-dealkylation sites (tertiary alicyclic amines) is 2. The molecule has 1 N–H and O–H groups in total. The Morgan fingerprint density at radius 2 is 1.82 bits per heavy atom. The molecule has 148 valence electrons. The van der Waals surface area contributed by atoms with Crippen LogP contribution in [-0.4, -0.2) is 52.9 Å². The maximum atomic E-state index is 12.7. The molecule has 0 saturated carbocycles. The topological polar surface area (TPSA) is 65.5 Å². The van der Waals surface area contributed by atoms with Crippen molar-refractivity contribution in [2.45, 2.75) is 32.2 Å². The summed E-state index contributed by atoms with van der Waals surface area (Å²) in [5, 5.41) is 5.97. The molecule has 2 aliphatic rings. The van der Waals surface area contributed by atoms with E-state index in [4.69, 9.17) is 0 Å². The first kappa shape index (κ1) is 18.9. The van der Waals surface area contributed by atoms with Crippen molar-refractivity contribution < 1.29 is 9.59 Å². The van der Waals surface area contributed by atoms with Crippen molar-refractivity contribution >= 4 is 23.3 Å². The van der Waals surface area contributed by atoms with Crippen molar-refractivity contribution in [2.75, 3.05) is 26.2 Å². The fraction of sp³-hybridized carbons (Fsp3) is 0.476. The second-order valence-electron chi connectivity index (χ2n) is 7.49. The van der Waals surface area contributed by atoms with Crippen LogP contribution in [0.4, 0.5) is 4.79 Å². The number of nitrogens with zero attached hydrogens (tertiary/aromatic N) is 3. The molecule has 4 rings (SSSR count). The van der Waals surface area contributed by atoms with Crippen molar-refractivity contribution in [1.82, 2.24) is 20.1 Å². The van der Waals surface area contributed by atoms with Gasteiger partial charge in [-0.25, -0.2) is 9.78 Å². The number of rotatable bonds is 4. The summed E-state index contributed by atoms with van der Waals surface area (Å²) in [5.41, 5.74) is 1.96. The lowest BCUT2D eigenvalue weighted by molar-refractivity contribution is -0.126. The second kappa shape index (κ2) is 8.73. The third-order valence-electron chi connectivity index (χ3n) is 5.46. The van der Waals surface area contributed by atoms with E-state index in [1.54, 1.807) is 11.3 Å². The summed E-state index contributed by atoms with van der Waals surface area (Å²) in [5.74, 6) is -0.110. The van der Waals surface area contributed by atoms with E-state index in [0.717, 1.165) is 61.6 Å². The van der Waals surface area contributed by atoms with Crippen molar-refractivity contribution in [2.24, 2.45) is 5.92 Å². The Morgan fingerprint density at radius 1 is 1.07 bits per heavy atom. The van der Waals surface area contributed by atoms with Crippen LogP contribution in [0.2, 0.25) is 0 Å². The second-order valence-corrected chi connectivity index (χ2v) is 8.35. The number of thiazole rings is 1. The van der Waals surface area contributed by atoms with Gasteiger partial charge in [0.25, 0.3) is 0 Å². The summed E-state index contributed by atoms with van der Waals surface area (Å²) < 4.78 is 0. The van der Waals surface area contributed by atoms with E-state index in [0.29, 0.717) is 13.1 Å². The molecular weight excluding hydrogens is 372 g/mol. The van der Waals surface area contributed by atoms with Gasteiger partial charge in [0.1, 0.15) is 5.01 Å². The van der Waals surface area contributed by atoms with Crippen molar-refractivity contribution in [1.29, 1.82) is 0 Å². The highest BCUT2D eigenvalue weighted by Gasteiger charge is 2.31. The molecule has 0 radical (unpaired) electrons. The smallest absolute Gasteiger partial charge is 0.320 e. The number of amides is 3. The Kier molecular flexibility index (Phi) is 5.90. The molecule has 3 heterocycles. The molecule has 2 aliphatic heterocycles. The molecular formula is C21H26N4O2S. The highest BCUT2D eigenvalue weighted by Crippen LogP contribution is 2.24. The maximum Gasteiger partial charge on any atom is 0.320 e. The molecule has 0 aliphatic carbocycles. The van der Waals surface area contributed by atoms with E-state index < -0.39 is 0 Å². The summed E-state index contributed by atoms with van der Waals surface area (Å²) in [6.45, 7) is 3.40. The van der Waals surface area contributed by atoms with Gasteiger partial charge in [-0.15, -0.1) is 11.3 Å². The zero-order valence-corrected chi connectivity index (χ0v) is 16.8. The SMILES string of the molecule is O=C(NCc1csc(-c2ccccc2)n1)C1CCCN(C(=O)N2CCCC2)C1. The minimum atomic E-state index is -0.132. The minimum absolute atomic E-state index is 0.0215. The molecule has 1 unspecified atom stereocenters. The lowest BCUT2D eigenvalue weighted by Crippen LogP contribution is -2.49. The van der Waals surface area contributed by atoms with Crippen LogP contribution < -0.4 is 5.32 Å². The molecule has 2 aromatic rings. The van der Waals surface area contributed by atoms with Crippen LogP contribution in [0.25, 0.3) is 10.6 Å². The van der Waals surface area contributed by atoms with Gasteiger partial charge in [0.05, 0.1) is 18.2 Å². The van der Waals surface area contributed by atoms with Gasteiger partial charge in [0, 0.05) is 37.1 Å². The molecule has 2 saturated heterocycles. The van der Waals surface area contributed by atoms with Gasteiger partial charge in [-0.05, 0) is 25.7 Å².